The van der Waals surface area contributed by atoms with Gasteiger partial charge in [-0.25, -0.2) is 0 Å². The highest BCUT2D eigenvalue weighted by Gasteiger charge is 2.25. The van der Waals surface area contributed by atoms with Crippen LogP contribution >= 0.6 is 11.6 Å². The van der Waals surface area contributed by atoms with Crippen molar-refractivity contribution >= 4 is 23.2 Å². The van der Waals surface area contributed by atoms with E-state index in [1.54, 1.807) is 4.90 Å². The van der Waals surface area contributed by atoms with Crippen LogP contribution in [0.25, 0.3) is 0 Å². The maximum Gasteiger partial charge on any atom is 0.270 e. The first-order valence-electron chi connectivity index (χ1n) is 6.65. The summed E-state index contributed by atoms with van der Waals surface area (Å²) in [4.78, 5) is 24.4. The van der Waals surface area contributed by atoms with Crippen molar-refractivity contribution < 1.29 is 9.72 Å². The van der Waals surface area contributed by atoms with E-state index in [0.717, 1.165) is 0 Å². The third-order valence-electron chi connectivity index (χ3n) is 3.23. The highest BCUT2D eigenvalue weighted by molar-refractivity contribution is 6.33. The molecule has 116 valence electrons. The third kappa shape index (κ3) is 4.41. The average molecular weight is 314 g/mol. The molecule has 21 heavy (non-hydrogen) atoms. The number of nitro groups is 1. The molecule has 0 aliphatic rings. The number of carbonyl (C=O) groups excluding carboxylic acids is 1. The molecule has 0 heterocycles. The number of hydrogen-bond acceptors (Lipinski definition) is 4. The summed E-state index contributed by atoms with van der Waals surface area (Å²) in [6.45, 7) is 7.12. The normalized spacial score (nSPS) is 11.3. The Labute approximate surface area is 129 Å². The van der Waals surface area contributed by atoms with Gasteiger partial charge < -0.3 is 10.6 Å². The van der Waals surface area contributed by atoms with Gasteiger partial charge in [-0.3, -0.25) is 14.9 Å². The Morgan fingerprint density at radius 1 is 1.48 bits per heavy atom. The predicted octanol–water partition coefficient (Wildman–Crippen LogP) is 2.70. The van der Waals surface area contributed by atoms with Gasteiger partial charge in [0.1, 0.15) is 0 Å². The molecule has 0 saturated carbocycles. The molecule has 1 aromatic carbocycles. The van der Waals surface area contributed by atoms with Gasteiger partial charge in [0.15, 0.2) is 0 Å². The lowest BCUT2D eigenvalue weighted by Gasteiger charge is -2.31. The molecule has 2 N–H and O–H groups in total. The molecule has 0 unspecified atom stereocenters. The van der Waals surface area contributed by atoms with E-state index in [9.17, 15) is 14.9 Å². The van der Waals surface area contributed by atoms with Crippen molar-refractivity contribution in [3.05, 3.63) is 38.9 Å². The van der Waals surface area contributed by atoms with Crippen LogP contribution in [-0.2, 0) is 0 Å². The van der Waals surface area contributed by atoms with Crippen LogP contribution in [0.15, 0.2) is 18.2 Å². The number of hydrogen-bond donors (Lipinski definition) is 1. The second kappa shape index (κ2) is 6.87. The Hall–Kier alpha value is -1.66. The summed E-state index contributed by atoms with van der Waals surface area (Å²) in [5.74, 6) is -0.326. The molecule has 0 aliphatic carbocycles. The molecule has 1 rings (SSSR count). The molecule has 0 bridgehead atoms. The number of nitrogens with two attached hydrogens (primary N) is 1. The summed E-state index contributed by atoms with van der Waals surface area (Å²) >= 11 is 6.01. The van der Waals surface area contributed by atoms with Gasteiger partial charge in [-0.2, -0.15) is 0 Å². The topological polar surface area (TPSA) is 89.5 Å². The minimum absolute atomic E-state index is 0.139. The van der Waals surface area contributed by atoms with Gasteiger partial charge in [-0.05, 0) is 24.9 Å². The van der Waals surface area contributed by atoms with Crippen molar-refractivity contribution in [3.63, 3.8) is 0 Å². The van der Waals surface area contributed by atoms with Crippen LogP contribution in [0.2, 0.25) is 5.02 Å². The van der Waals surface area contributed by atoms with Crippen molar-refractivity contribution in [1.82, 2.24) is 4.90 Å². The van der Waals surface area contributed by atoms with Gasteiger partial charge in [0.25, 0.3) is 11.6 Å². The van der Waals surface area contributed by atoms with Gasteiger partial charge >= 0.3 is 0 Å². The predicted molar refractivity (Wildman–Crippen MR) is 82.5 cm³/mol. The fourth-order valence-corrected chi connectivity index (χ4v) is 2.07. The molecule has 7 heteroatoms. The standard InChI is InChI=1S/C14H20ClN3O3/c1-4-17(9-14(2,3)8-16)13(19)11-7-10(18(20)21)5-6-12(11)15/h5-7H,4,8-9,16H2,1-3H3. The molecular formula is C14H20ClN3O3. The number of nitrogens with zero attached hydrogens (tertiary/aromatic N) is 2. The summed E-state index contributed by atoms with van der Waals surface area (Å²) in [6, 6.07) is 3.86. The molecular weight excluding hydrogens is 294 g/mol. The Bertz CT molecular complexity index is 546. The molecule has 1 amide bonds. The lowest BCUT2D eigenvalue weighted by atomic mass is 9.93. The largest absolute Gasteiger partial charge is 0.338 e. The molecule has 0 spiro atoms. The lowest BCUT2D eigenvalue weighted by molar-refractivity contribution is -0.384. The summed E-state index contributed by atoms with van der Waals surface area (Å²) in [7, 11) is 0. The lowest BCUT2D eigenvalue weighted by Crippen LogP contribution is -2.42. The van der Waals surface area contributed by atoms with E-state index in [-0.39, 0.29) is 27.6 Å². The zero-order valence-corrected chi connectivity index (χ0v) is 13.2. The Morgan fingerprint density at radius 3 is 2.57 bits per heavy atom. The first-order valence-corrected chi connectivity index (χ1v) is 7.03. The number of non-ortho nitro benzene ring substituents is 1. The Balaban J connectivity index is 3.10. The monoisotopic (exact) mass is 313 g/mol. The minimum Gasteiger partial charge on any atom is -0.338 e. The molecule has 0 radical (unpaired) electrons. The van der Waals surface area contributed by atoms with Crippen LogP contribution in [0.5, 0.6) is 0 Å². The molecule has 0 aliphatic heterocycles. The average Bonchev–Trinajstić information content (AvgIpc) is 2.44. The first-order chi connectivity index (χ1) is 9.71. The molecule has 1 aromatic rings. The SMILES string of the molecule is CCN(CC(C)(C)CN)C(=O)c1cc([N+](=O)[O-])ccc1Cl. The van der Waals surface area contributed by atoms with E-state index in [2.05, 4.69) is 0 Å². The summed E-state index contributed by atoms with van der Waals surface area (Å²) < 4.78 is 0. The third-order valence-corrected chi connectivity index (χ3v) is 3.56. The summed E-state index contributed by atoms with van der Waals surface area (Å²) in [5.41, 5.74) is 5.44. The number of nitro benzene ring substituents is 1. The van der Waals surface area contributed by atoms with Crippen molar-refractivity contribution in [3.8, 4) is 0 Å². The zero-order chi connectivity index (χ0) is 16.2. The van der Waals surface area contributed by atoms with E-state index in [1.165, 1.54) is 18.2 Å². The summed E-state index contributed by atoms with van der Waals surface area (Å²) in [5, 5.41) is 11.0. The van der Waals surface area contributed by atoms with Crippen molar-refractivity contribution in [2.45, 2.75) is 20.8 Å². The van der Waals surface area contributed by atoms with Crippen molar-refractivity contribution in [2.24, 2.45) is 11.1 Å². The van der Waals surface area contributed by atoms with E-state index >= 15 is 0 Å². The fraction of sp³-hybridized carbons (Fsp3) is 0.500. The number of carbonyl (C=O) groups is 1. The number of amides is 1. The Kier molecular flexibility index (Phi) is 5.69. The quantitative estimate of drug-likeness (QED) is 0.646. The second-order valence-corrected chi connectivity index (χ2v) is 6.02. The van der Waals surface area contributed by atoms with E-state index in [0.29, 0.717) is 19.6 Å². The second-order valence-electron chi connectivity index (χ2n) is 5.61. The van der Waals surface area contributed by atoms with Gasteiger partial charge in [-0.1, -0.05) is 25.4 Å². The number of benzene rings is 1. The smallest absolute Gasteiger partial charge is 0.270 e. The molecule has 0 fully saturated rings. The number of rotatable bonds is 6. The molecule has 0 saturated heterocycles. The van der Waals surface area contributed by atoms with E-state index in [4.69, 9.17) is 17.3 Å². The van der Waals surface area contributed by atoms with Gasteiger partial charge in [0.2, 0.25) is 0 Å². The van der Waals surface area contributed by atoms with Gasteiger partial charge in [-0.15, -0.1) is 0 Å². The van der Waals surface area contributed by atoms with Gasteiger partial charge in [0.05, 0.1) is 15.5 Å². The van der Waals surface area contributed by atoms with Crippen molar-refractivity contribution in [2.75, 3.05) is 19.6 Å². The fourth-order valence-electron chi connectivity index (χ4n) is 1.87. The highest BCUT2D eigenvalue weighted by atomic mass is 35.5. The minimum atomic E-state index is -0.548. The van der Waals surface area contributed by atoms with Crippen LogP contribution in [0, 0.1) is 15.5 Å². The molecule has 0 atom stereocenters. The summed E-state index contributed by atoms with van der Waals surface area (Å²) in [6.07, 6.45) is 0. The van der Waals surface area contributed by atoms with E-state index in [1.807, 2.05) is 20.8 Å². The van der Waals surface area contributed by atoms with Crippen molar-refractivity contribution in [1.29, 1.82) is 0 Å². The van der Waals surface area contributed by atoms with Crippen LogP contribution in [0.3, 0.4) is 0 Å². The maximum atomic E-state index is 12.5. The van der Waals surface area contributed by atoms with Crippen LogP contribution in [0.1, 0.15) is 31.1 Å². The van der Waals surface area contributed by atoms with Crippen LogP contribution in [0.4, 0.5) is 5.69 Å². The van der Waals surface area contributed by atoms with E-state index < -0.39 is 4.92 Å². The first kappa shape index (κ1) is 17.4. The van der Waals surface area contributed by atoms with Gasteiger partial charge in [0, 0.05) is 25.2 Å². The molecule has 6 nitrogen and oxygen atoms in total. The number of halogens is 1. The Morgan fingerprint density at radius 2 is 2.10 bits per heavy atom. The van der Waals surface area contributed by atoms with Crippen LogP contribution < -0.4 is 5.73 Å². The molecule has 0 aromatic heterocycles. The highest BCUT2D eigenvalue weighted by Crippen LogP contribution is 2.25. The van der Waals surface area contributed by atoms with Crippen LogP contribution in [-0.4, -0.2) is 35.4 Å². The maximum absolute atomic E-state index is 12.5. The zero-order valence-electron chi connectivity index (χ0n) is 12.4.